The molecule has 1 aromatic carbocycles. The molecule has 116 valence electrons. The summed E-state index contributed by atoms with van der Waals surface area (Å²) in [6.45, 7) is 5.12. The van der Waals surface area contributed by atoms with Crippen molar-refractivity contribution in [2.24, 2.45) is 5.73 Å². The van der Waals surface area contributed by atoms with E-state index in [4.69, 9.17) is 22.7 Å². The van der Waals surface area contributed by atoms with E-state index in [1.165, 1.54) is 0 Å². The number of nitrogens with zero attached hydrogens (tertiary/aromatic N) is 1. The van der Waals surface area contributed by atoms with Gasteiger partial charge in [-0.05, 0) is 32.4 Å². The quantitative estimate of drug-likeness (QED) is 0.563. The SMILES string of the molecule is CC(C)N(CCC(N)=S)C(=O)CCCOc1ccccc1. The Labute approximate surface area is 132 Å². The summed E-state index contributed by atoms with van der Waals surface area (Å²) in [4.78, 5) is 14.5. The van der Waals surface area contributed by atoms with Crippen molar-refractivity contribution in [2.45, 2.75) is 39.2 Å². The highest BCUT2D eigenvalue weighted by atomic mass is 32.1. The predicted molar refractivity (Wildman–Crippen MR) is 89.4 cm³/mol. The van der Waals surface area contributed by atoms with Gasteiger partial charge in [0.15, 0.2) is 0 Å². The first kappa shape index (κ1) is 17.4. The highest BCUT2D eigenvalue weighted by Crippen LogP contribution is 2.10. The van der Waals surface area contributed by atoms with Gasteiger partial charge in [-0.1, -0.05) is 30.4 Å². The number of carbonyl (C=O) groups is 1. The highest BCUT2D eigenvalue weighted by Gasteiger charge is 2.16. The molecule has 0 aliphatic heterocycles. The zero-order chi connectivity index (χ0) is 15.7. The Kier molecular flexibility index (Phi) is 7.75. The number of benzene rings is 1. The summed E-state index contributed by atoms with van der Waals surface area (Å²) < 4.78 is 5.58. The maximum atomic E-state index is 12.2. The molecule has 2 N–H and O–H groups in total. The Hall–Kier alpha value is -1.62. The predicted octanol–water partition coefficient (Wildman–Crippen LogP) is 2.76. The Morgan fingerprint density at radius 1 is 1.29 bits per heavy atom. The molecule has 1 rings (SSSR count). The molecular weight excluding hydrogens is 284 g/mol. The van der Waals surface area contributed by atoms with E-state index in [-0.39, 0.29) is 11.9 Å². The Bertz CT molecular complexity index is 449. The molecule has 0 heterocycles. The summed E-state index contributed by atoms with van der Waals surface area (Å²) in [5.41, 5.74) is 5.50. The number of nitrogens with two attached hydrogens (primary N) is 1. The van der Waals surface area contributed by atoms with Crippen LogP contribution in [0.15, 0.2) is 30.3 Å². The second-order valence-electron chi connectivity index (χ2n) is 5.16. The van der Waals surface area contributed by atoms with Crippen molar-refractivity contribution in [3.63, 3.8) is 0 Å². The van der Waals surface area contributed by atoms with Crippen LogP contribution in [-0.4, -0.2) is 35.0 Å². The van der Waals surface area contributed by atoms with Gasteiger partial charge in [-0.3, -0.25) is 4.79 Å². The zero-order valence-electron chi connectivity index (χ0n) is 12.7. The van der Waals surface area contributed by atoms with Crippen molar-refractivity contribution in [1.82, 2.24) is 4.90 Å². The maximum Gasteiger partial charge on any atom is 0.222 e. The summed E-state index contributed by atoms with van der Waals surface area (Å²) in [7, 11) is 0. The molecule has 21 heavy (non-hydrogen) atoms. The summed E-state index contributed by atoms with van der Waals surface area (Å²) in [5, 5.41) is 0. The zero-order valence-corrected chi connectivity index (χ0v) is 13.6. The van der Waals surface area contributed by atoms with Crippen molar-refractivity contribution < 1.29 is 9.53 Å². The monoisotopic (exact) mass is 308 g/mol. The minimum atomic E-state index is 0.123. The van der Waals surface area contributed by atoms with E-state index in [1.54, 1.807) is 0 Å². The lowest BCUT2D eigenvalue weighted by Crippen LogP contribution is -2.39. The van der Waals surface area contributed by atoms with Crippen LogP contribution in [0, 0.1) is 0 Å². The van der Waals surface area contributed by atoms with Crippen LogP contribution in [-0.2, 0) is 4.79 Å². The molecule has 0 spiro atoms. The van der Waals surface area contributed by atoms with Crippen LogP contribution in [0.5, 0.6) is 5.75 Å². The van der Waals surface area contributed by atoms with Crippen LogP contribution < -0.4 is 10.5 Å². The van der Waals surface area contributed by atoms with E-state index in [0.29, 0.717) is 37.4 Å². The Morgan fingerprint density at radius 3 is 2.52 bits per heavy atom. The van der Waals surface area contributed by atoms with E-state index >= 15 is 0 Å². The van der Waals surface area contributed by atoms with E-state index in [0.717, 1.165) is 5.75 Å². The fourth-order valence-electron chi connectivity index (χ4n) is 1.98. The fourth-order valence-corrected chi connectivity index (χ4v) is 2.07. The van der Waals surface area contributed by atoms with Gasteiger partial charge in [0.1, 0.15) is 5.75 Å². The standard InChI is InChI=1S/C16H24N2O2S/c1-13(2)18(11-10-15(17)21)16(19)9-6-12-20-14-7-4-3-5-8-14/h3-5,7-8,13H,6,9-12H2,1-2H3,(H2,17,21). The Morgan fingerprint density at radius 2 is 1.95 bits per heavy atom. The molecule has 0 saturated heterocycles. The van der Waals surface area contributed by atoms with Crippen molar-refractivity contribution in [2.75, 3.05) is 13.2 Å². The van der Waals surface area contributed by atoms with E-state index in [9.17, 15) is 4.79 Å². The number of thiocarbonyl (C=S) groups is 1. The lowest BCUT2D eigenvalue weighted by atomic mass is 10.2. The van der Waals surface area contributed by atoms with Gasteiger partial charge in [0.05, 0.1) is 11.6 Å². The molecule has 4 nitrogen and oxygen atoms in total. The summed E-state index contributed by atoms with van der Waals surface area (Å²) in [6, 6.07) is 9.77. The van der Waals surface area contributed by atoms with Crippen LogP contribution in [0.3, 0.4) is 0 Å². The third-order valence-electron chi connectivity index (χ3n) is 3.09. The minimum Gasteiger partial charge on any atom is -0.494 e. The first-order valence-electron chi connectivity index (χ1n) is 7.26. The third kappa shape index (κ3) is 7.09. The Balaban J connectivity index is 2.31. The summed E-state index contributed by atoms with van der Waals surface area (Å²) in [5.74, 6) is 0.956. The van der Waals surface area contributed by atoms with Gasteiger partial charge in [-0.25, -0.2) is 0 Å². The van der Waals surface area contributed by atoms with E-state index in [1.807, 2.05) is 49.1 Å². The van der Waals surface area contributed by atoms with Crippen molar-refractivity contribution in [1.29, 1.82) is 0 Å². The number of ether oxygens (including phenoxy) is 1. The van der Waals surface area contributed by atoms with Gasteiger partial charge in [0.25, 0.3) is 0 Å². The van der Waals surface area contributed by atoms with Crippen molar-refractivity contribution in [3.8, 4) is 5.75 Å². The van der Waals surface area contributed by atoms with Gasteiger partial charge in [-0.15, -0.1) is 0 Å². The van der Waals surface area contributed by atoms with Crippen LogP contribution in [0.1, 0.15) is 33.1 Å². The van der Waals surface area contributed by atoms with Gasteiger partial charge < -0.3 is 15.4 Å². The van der Waals surface area contributed by atoms with Gasteiger partial charge in [0, 0.05) is 25.4 Å². The highest BCUT2D eigenvalue weighted by molar-refractivity contribution is 7.80. The molecule has 0 fully saturated rings. The van der Waals surface area contributed by atoms with Crippen LogP contribution >= 0.6 is 12.2 Å². The molecule has 1 amide bonds. The summed E-state index contributed by atoms with van der Waals surface area (Å²) >= 11 is 4.87. The maximum absolute atomic E-state index is 12.2. The first-order chi connectivity index (χ1) is 10.0. The molecule has 0 unspecified atom stereocenters. The second kappa shape index (κ2) is 9.34. The molecule has 0 bridgehead atoms. The molecule has 0 atom stereocenters. The topological polar surface area (TPSA) is 55.6 Å². The lowest BCUT2D eigenvalue weighted by Gasteiger charge is -2.26. The number of hydrogen-bond acceptors (Lipinski definition) is 3. The summed E-state index contributed by atoms with van der Waals surface area (Å²) in [6.07, 6.45) is 1.74. The largest absolute Gasteiger partial charge is 0.494 e. The van der Waals surface area contributed by atoms with Crippen LogP contribution in [0.2, 0.25) is 0 Å². The fraction of sp³-hybridized carbons (Fsp3) is 0.500. The van der Waals surface area contributed by atoms with Crippen LogP contribution in [0.4, 0.5) is 0 Å². The third-order valence-corrected chi connectivity index (χ3v) is 3.29. The molecule has 0 radical (unpaired) electrons. The number of rotatable bonds is 9. The molecule has 0 aliphatic rings. The number of amides is 1. The molecule has 5 heteroatoms. The van der Waals surface area contributed by atoms with Crippen LogP contribution in [0.25, 0.3) is 0 Å². The van der Waals surface area contributed by atoms with Gasteiger partial charge in [0.2, 0.25) is 5.91 Å². The van der Waals surface area contributed by atoms with Crippen molar-refractivity contribution in [3.05, 3.63) is 30.3 Å². The number of para-hydroxylation sites is 1. The average Bonchev–Trinajstić information content (AvgIpc) is 2.44. The van der Waals surface area contributed by atoms with Gasteiger partial charge >= 0.3 is 0 Å². The normalized spacial score (nSPS) is 10.4. The smallest absolute Gasteiger partial charge is 0.222 e. The van der Waals surface area contributed by atoms with Gasteiger partial charge in [-0.2, -0.15) is 0 Å². The number of carbonyl (C=O) groups excluding carboxylic acids is 1. The molecule has 0 aromatic heterocycles. The first-order valence-corrected chi connectivity index (χ1v) is 7.67. The molecular formula is C16H24N2O2S. The lowest BCUT2D eigenvalue weighted by molar-refractivity contribution is -0.133. The number of hydrogen-bond donors (Lipinski definition) is 1. The minimum absolute atomic E-state index is 0.123. The van der Waals surface area contributed by atoms with Crippen molar-refractivity contribution >= 4 is 23.1 Å². The van der Waals surface area contributed by atoms with E-state index < -0.39 is 0 Å². The molecule has 0 aliphatic carbocycles. The molecule has 0 saturated carbocycles. The molecule has 1 aromatic rings. The second-order valence-corrected chi connectivity index (χ2v) is 5.69. The van der Waals surface area contributed by atoms with E-state index in [2.05, 4.69) is 0 Å². The average molecular weight is 308 g/mol.